The zero-order valence-electron chi connectivity index (χ0n) is 22.0. The second kappa shape index (κ2) is 14.8. The number of carboxylic acid groups (broad SMARTS) is 2. The molecule has 3 rings (SSSR count). The second-order valence-electron chi connectivity index (χ2n) is 9.52. The number of carboxylic acids is 2. The van der Waals surface area contributed by atoms with Gasteiger partial charge in [-0.05, 0) is 36.1 Å². The first-order valence-electron chi connectivity index (χ1n) is 12.9. The molecule has 216 valence electrons. The second-order valence-corrected chi connectivity index (χ2v) is 9.96. The quantitative estimate of drug-likeness (QED) is 0.194. The van der Waals surface area contributed by atoms with Gasteiger partial charge >= 0.3 is 11.9 Å². The fourth-order valence-electron chi connectivity index (χ4n) is 4.18. The van der Waals surface area contributed by atoms with Crippen molar-refractivity contribution in [3.05, 3.63) is 65.4 Å². The fourth-order valence-corrected chi connectivity index (χ4v) is 4.37. The van der Waals surface area contributed by atoms with Crippen LogP contribution < -0.4 is 11.1 Å². The van der Waals surface area contributed by atoms with Crippen LogP contribution in [0.15, 0.2) is 59.1 Å². The van der Waals surface area contributed by atoms with Crippen LogP contribution in [-0.4, -0.2) is 50.9 Å². The summed E-state index contributed by atoms with van der Waals surface area (Å²) in [7, 11) is 0. The van der Waals surface area contributed by atoms with Gasteiger partial charge in [-0.15, -0.1) is 0 Å². The molecule has 1 aromatic heterocycles. The molecule has 0 aliphatic heterocycles. The number of ketones is 1. The molecule has 0 unspecified atom stereocenters. The van der Waals surface area contributed by atoms with Crippen LogP contribution in [0.4, 0.5) is 0 Å². The topological polar surface area (TPSA) is 190 Å². The highest BCUT2D eigenvalue weighted by Gasteiger charge is 2.27. The largest absolute Gasteiger partial charge is 0.481 e. The van der Waals surface area contributed by atoms with Gasteiger partial charge in [0, 0.05) is 54.7 Å². The molecule has 11 nitrogen and oxygen atoms in total. The normalized spacial score (nSPS) is 12.3. The molecule has 41 heavy (non-hydrogen) atoms. The number of amides is 2. The third-order valence-electron chi connectivity index (χ3n) is 6.42. The molecule has 0 spiro atoms. The number of hydrogen-bond acceptors (Lipinski definition) is 7. The molecule has 0 radical (unpaired) electrons. The Morgan fingerprint density at radius 1 is 0.878 bits per heavy atom. The van der Waals surface area contributed by atoms with E-state index < -0.39 is 54.3 Å². The molecule has 2 amide bonds. The SMILES string of the molecule is NC(=O)[C@H](CCC(=O)O)CC(=O)[C@@H](CCC(=O)O)NC(=O)CCc1cc(-c2ccc(-c3cccc(Cl)c3)cc2)no1. The van der Waals surface area contributed by atoms with Crippen LogP contribution in [0.1, 0.15) is 44.3 Å². The number of nitrogens with two attached hydrogens (primary N) is 1. The van der Waals surface area contributed by atoms with E-state index in [2.05, 4.69) is 10.5 Å². The summed E-state index contributed by atoms with van der Waals surface area (Å²) in [5.74, 6) is -4.90. The molecule has 0 fully saturated rings. The molecular weight excluding hydrogens is 554 g/mol. The van der Waals surface area contributed by atoms with E-state index in [1.165, 1.54) is 0 Å². The predicted molar refractivity (Wildman–Crippen MR) is 149 cm³/mol. The molecule has 1 heterocycles. The Labute approximate surface area is 240 Å². The summed E-state index contributed by atoms with van der Waals surface area (Å²) in [5, 5.41) is 25.1. The number of nitrogens with one attached hydrogen (secondary N) is 1. The number of rotatable bonds is 16. The molecule has 2 aromatic carbocycles. The van der Waals surface area contributed by atoms with Crippen LogP contribution in [0.2, 0.25) is 5.02 Å². The number of Topliss-reactive ketones (excluding diaryl/α,β-unsaturated/α-hetero) is 1. The maximum absolute atomic E-state index is 12.8. The molecule has 3 aromatic rings. The Bertz CT molecular complexity index is 1400. The maximum Gasteiger partial charge on any atom is 0.303 e. The summed E-state index contributed by atoms with van der Waals surface area (Å²) >= 11 is 6.07. The fraction of sp³-hybridized carbons (Fsp3) is 0.310. The van der Waals surface area contributed by atoms with Gasteiger partial charge in [0.15, 0.2) is 5.78 Å². The van der Waals surface area contributed by atoms with Gasteiger partial charge in [-0.1, -0.05) is 53.2 Å². The van der Waals surface area contributed by atoms with Crippen LogP contribution in [0, 0.1) is 5.92 Å². The van der Waals surface area contributed by atoms with E-state index in [-0.39, 0.29) is 32.1 Å². The standard InChI is InChI=1S/C29H30ClN3O8/c30-21-3-1-2-19(14-21)17-4-6-18(7-5-17)24-16-22(41-33-24)9-11-26(35)32-23(10-13-28(38)39)25(34)15-20(29(31)40)8-12-27(36)37/h1-7,14,16,20,23H,8-13,15H2,(H2,31,40)(H,32,35)(H,36,37)(H,38,39)/t20-,23-/m1/s1. The van der Waals surface area contributed by atoms with Crippen molar-refractivity contribution in [2.24, 2.45) is 11.7 Å². The van der Waals surface area contributed by atoms with Gasteiger partial charge in [-0.2, -0.15) is 0 Å². The summed E-state index contributed by atoms with van der Waals surface area (Å²) in [6, 6.07) is 15.7. The van der Waals surface area contributed by atoms with Crippen molar-refractivity contribution < 1.29 is 38.7 Å². The molecule has 0 bridgehead atoms. The first-order valence-corrected chi connectivity index (χ1v) is 13.3. The molecule has 2 atom stereocenters. The summed E-state index contributed by atoms with van der Waals surface area (Å²) < 4.78 is 5.37. The van der Waals surface area contributed by atoms with Gasteiger partial charge < -0.3 is 25.8 Å². The Morgan fingerprint density at radius 2 is 1.54 bits per heavy atom. The number of aryl methyl sites for hydroxylation is 1. The Kier molecular flexibility index (Phi) is 11.2. The first-order chi connectivity index (χ1) is 19.5. The summed E-state index contributed by atoms with van der Waals surface area (Å²) in [5.41, 5.74) is 8.64. The minimum Gasteiger partial charge on any atom is -0.481 e. The van der Waals surface area contributed by atoms with Gasteiger partial charge in [0.05, 0.1) is 6.04 Å². The molecule has 0 aliphatic rings. The van der Waals surface area contributed by atoms with Crippen molar-refractivity contribution in [3.8, 4) is 22.4 Å². The molecule has 12 heteroatoms. The number of aliphatic carboxylic acids is 2. The lowest BCUT2D eigenvalue weighted by molar-refractivity contribution is -0.139. The molecule has 5 N–H and O–H groups in total. The average Bonchev–Trinajstić information content (AvgIpc) is 3.41. The minimum absolute atomic E-state index is 0.0720. The lowest BCUT2D eigenvalue weighted by Gasteiger charge is -2.19. The monoisotopic (exact) mass is 583 g/mol. The summed E-state index contributed by atoms with van der Waals surface area (Å²) in [6.45, 7) is 0. The number of aromatic nitrogens is 1. The summed E-state index contributed by atoms with van der Waals surface area (Å²) in [6.07, 6.45) is -1.41. The van der Waals surface area contributed by atoms with E-state index in [1.54, 1.807) is 12.1 Å². The zero-order valence-corrected chi connectivity index (χ0v) is 22.8. The van der Waals surface area contributed by atoms with Gasteiger partial charge in [-0.25, -0.2) is 0 Å². The van der Waals surface area contributed by atoms with E-state index in [1.807, 2.05) is 42.5 Å². The molecule has 0 saturated heterocycles. The van der Waals surface area contributed by atoms with E-state index >= 15 is 0 Å². The van der Waals surface area contributed by atoms with E-state index in [4.69, 9.17) is 32.1 Å². The lowest BCUT2D eigenvalue weighted by atomic mass is 9.92. The number of benzene rings is 2. The van der Waals surface area contributed by atoms with Crippen molar-refractivity contribution in [1.82, 2.24) is 10.5 Å². The summed E-state index contributed by atoms with van der Waals surface area (Å²) in [4.78, 5) is 59.0. The van der Waals surface area contributed by atoms with Crippen LogP contribution in [-0.2, 0) is 30.4 Å². The number of halogens is 1. The number of hydrogen-bond donors (Lipinski definition) is 4. The first kappa shape index (κ1) is 31.0. The van der Waals surface area contributed by atoms with Crippen LogP contribution in [0.3, 0.4) is 0 Å². The van der Waals surface area contributed by atoms with Crippen molar-refractivity contribution in [2.45, 2.75) is 51.0 Å². The third kappa shape index (κ3) is 9.87. The van der Waals surface area contributed by atoms with Gasteiger partial charge in [0.2, 0.25) is 11.8 Å². The van der Waals surface area contributed by atoms with E-state index in [0.29, 0.717) is 16.5 Å². The predicted octanol–water partition coefficient (Wildman–Crippen LogP) is 3.87. The maximum atomic E-state index is 12.8. The Hall–Kier alpha value is -4.51. The van der Waals surface area contributed by atoms with E-state index in [0.717, 1.165) is 16.7 Å². The van der Waals surface area contributed by atoms with Gasteiger partial charge in [-0.3, -0.25) is 24.0 Å². The highest BCUT2D eigenvalue weighted by atomic mass is 35.5. The molecule has 0 aliphatic carbocycles. The highest BCUT2D eigenvalue weighted by Crippen LogP contribution is 2.26. The van der Waals surface area contributed by atoms with E-state index in [9.17, 15) is 24.0 Å². The number of carbonyl (C=O) groups is 5. The Balaban J connectivity index is 1.59. The smallest absolute Gasteiger partial charge is 0.303 e. The highest BCUT2D eigenvalue weighted by molar-refractivity contribution is 6.30. The number of nitrogens with zero attached hydrogens (tertiary/aromatic N) is 1. The minimum atomic E-state index is -1.17. The molecular formula is C29H30ClN3O8. The zero-order chi connectivity index (χ0) is 29.9. The van der Waals surface area contributed by atoms with Gasteiger partial charge in [0.25, 0.3) is 0 Å². The van der Waals surface area contributed by atoms with Crippen molar-refractivity contribution in [1.29, 1.82) is 0 Å². The van der Waals surface area contributed by atoms with Crippen LogP contribution in [0.5, 0.6) is 0 Å². The van der Waals surface area contributed by atoms with Crippen LogP contribution in [0.25, 0.3) is 22.4 Å². The van der Waals surface area contributed by atoms with Gasteiger partial charge in [0.1, 0.15) is 11.5 Å². The number of primary amides is 1. The van der Waals surface area contributed by atoms with Crippen LogP contribution >= 0.6 is 11.6 Å². The lowest BCUT2D eigenvalue weighted by Crippen LogP contribution is -2.43. The number of carbonyl (C=O) groups excluding carboxylic acids is 3. The average molecular weight is 584 g/mol. The van der Waals surface area contributed by atoms with Crippen molar-refractivity contribution in [3.63, 3.8) is 0 Å². The Morgan fingerprint density at radius 3 is 2.17 bits per heavy atom. The van der Waals surface area contributed by atoms with Crippen molar-refractivity contribution >= 4 is 41.1 Å². The third-order valence-corrected chi connectivity index (χ3v) is 6.66. The molecule has 0 saturated carbocycles. The van der Waals surface area contributed by atoms with Crippen molar-refractivity contribution in [2.75, 3.05) is 0 Å².